The van der Waals surface area contributed by atoms with Gasteiger partial charge in [-0.3, -0.25) is 4.79 Å². The number of hydrogen-bond donors (Lipinski definition) is 1. The van der Waals surface area contributed by atoms with Gasteiger partial charge in [0.25, 0.3) is 0 Å². The van der Waals surface area contributed by atoms with E-state index in [4.69, 9.17) is 5.26 Å². The summed E-state index contributed by atoms with van der Waals surface area (Å²) in [6.45, 7) is 4.84. The second-order valence-electron chi connectivity index (χ2n) is 7.03. The van der Waals surface area contributed by atoms with Gasteiger partial charge in [-0.1, -0.05) is 6.92 Å². The van der Waals surface area contributed by atoms with Crippen LogP contribution in [0.3, 0.4) is 0 Å². The van der Waals surface area contributed by atoms with Crippen molar-refractivity contribution in [1.82, 2.24) is 9.88 Å². The Hall–Kier alpha value is -1.09. The first-order valence-corrected chi connectivity index (χ1v) is 10.3. The number of carbonyl (C=O) groups is 2. The third-order valence-electron chi connectivity index (χ3n) is 5.32. The summed E-state index contributed by atoms with van der Waals surface area (Å²) in [6.07, 6.45) is -0.813. The average Bonchev–Trinajstić information content (AvgIpc) is 3.12. The molecule has 1 amide bonds. The van der Waals surface area contributed by atoms with Gasteiger partial charge in [0, 0.05) is 34.5 Å². The van der Waals surface area contributed by atoms with Crippen LogP contribution in [-0.2, 0) is 9.59 Å². The van der Waals surface area contributed by atoms with E-state index in [2.05, 4.69) is 4.98 Å². The zero-order valence-electron chi connectivity index (χ0n) is 15.7. The summed E-state index contributed by atoms with van der Waals surface area (Å²) >= 11 is 2.88. The number of β-lactam (4-membered cyclic amide) rings is 1. The number of carboxylic acids is 1. The summed E-state index contributed by atoms with van der Waals surface area (Å²) < 4.78 is 0. The summed E-state index contributed by atoms with van der Waals surface area (Å²) in [5.41, 5.74) is 0.350. The molecule has 4 heterocycles. The Morgan fingerprint density at radius 2 is 2.21 bits per heavy atom. The number of aliphatic hydroxyl groups excluding tert-OH is 1. The molecule has 142 valence electrons. The standard InChI is InChI=1S/C17H18N4O4S2.Na/c1-7-12-11(8(2)22)15(23)21(12)13(16(24)25)14(7)27-10-4-20(5-10)17-19-9(3-18)6-26-17;/h6-8,10-12,22H,4-5H2,1-2H3,(H,24,25);/q;+1/p-1/t7-,8-,11-,12-;/m1./s1. The minimum absolute atomic E-state index is 0. The molecule has 0 unspecified atom stereocenters. The van der Waals surface area contributed by atoms with E-state index in [1.807, 2.05) is 17.9 Å². The molecule has 0 spiro atoms. The van der Waals surface area contributed by atoms with Crippen LogP contribution in [0.2, 0.25) is 0 Å². The van der Waals surface area contributed by atoms with Crippen molar-refractivity contribution >= 4 is 40.1 Å². The number of aliphatic hydroxyl groups is 1. The van der Waals surface area contributed by atoms with Gasteiger partial charge in [-0.25, -0.2) is 4.98 Å². The minimum atomic E-state index is -1.35. The van der Waals surface area contributed by atoms with Crippen LogP contribution in [-0.4, -0.2) is 57.4 Å². The molecule has 0 aliphatic carbocycles. The number of carboxylic acid groups (broad SMARTS) is 1. The first kappa shape index (κ1) is 21.6. The Morgan fingerprint density at radius 3 is 2.75 bits per heavy atom. The van der Waals surface area contributed by atoms with Gasteiger partial charge in [-0.05, 0) is 6.92 Å². The molecular formula is C17H17N4NaO4S2. The van der Waals surface area contributed by atoms with E-state index in [9.17, 15) is 19.8 Å². The molecule has 4 rings (SSSR count). The smallest absolute Gasteiger partial charge is 0.543 e. The number of thiazole rings is 1. The number of aromatic nitrogens is 1. The number of rotatable bonds is 5. The number of thioether (sulfide) groups is 1. The molecular weight excluding hydrogens is 411 g/mol. The molecule has 0 bridgehead atoms. The van der Waals surface area contributed by atoms with Gasteiger partial charge in [0.2, 0.25) is 5.91 Å². The summed E-state index contributed by atoms with van der Waals surface area (Å²) in [6, 6.07) is 1.69. The molecule has 1 N–H and O–H groups in total. The third kappa shape index (κ3) is 3.28. The molecule has 1 aromatic heterocycles. The van der Waals surface area contributed by atoms with Crippen molar-refractivity contribution in [2.75, 3.05) is 18.0 Å². The molecule has 3 aliphatic heterocycles. The molecule has 3 aliphatic rings. The molecule has 4 atom stereocenters. The number of hydrogen-bond acceptors (Lipinski definition) is 9. The first-order valence-electron chi connectivity index (χ1n) is 8.57. The van der Waals surface area contributed by atoms with Crippen molar-refractivity contribution in [3.05, 3.63) is 21.7 Å². The summed E-state index contributed by atoms with van der Waals surface area (Å²) in [5.74, 6) is -2.41. The van der Waals surface area contributed by atoms with Crippen LogP contribution in [0.4, 0.5) is 5.13 Å². The van der Waals surface area contributed by atoms with Gasteiger partial charge in [0.15, 0.2) is 10.8 Å². The topological polar surface area (TPSA) is 121 Å². The van der Waals surface area contributed by atoms with Crippen molar-refractivity contribution in [3.8, 4) is 6.07 Å². The van der Waals surface area contributed by atoms with Crippen LogP contribution < -0.4 is 39.6 Å². The van der Waals surface area contributed by atoms with Crippen molar-refractivity contribution < 1.29 is 49.4 Å². The molecule has 0 radical (unpaired) electrons. The van der Waals surface area contributed by atoms with Crippen LogP contribution in [0.15, 0.2) is 16.0 Å². The number of aliphatic carboxylic acids is 1. The van der Waals surface area contributed by atoms with Crippen LogP contribution in [0.25, 0.3) is 0 Å². The number of nitrogens with zero attached hydrogens (tertiary/aromatic N) is 4. The van der Waals surface area contributed by atoms with Crippen LogP contribution in [0.5, 0.6) is 0 Å². The van der Waals surface area contributed by atoms with E-state index in [0.29, 0.717) is 23.7 Å². The van der Waals surface area contributed by atoms with Gasteiger partial charge in [0.05, 0.1) is 29.7 Å². The van der Waals surface area contributed by atoms with Crippen molar-refractivity contribution in [1.29, 1.82) is 5.26 Å². The first-order chi connectivity index (χ1) is 12.8. The number of fused-ring (bicyclic) bond motifs is 1. The summed E-state index contributed by atoms with van der Waals surface area (Å²) in [4.78, 5) is 32.2. The average molecular weight is 428 g/mol. The maximum Gasteiger partial charge on any atom is 1.00 e. The normalized spacial score (nSPS) is 27.5. The largest absolute Gasteiger partial charge is 1.00 e. The molecule has 28 heavy (non-hydrogen) atoms. The maximum absolute atomic E-state index is 12.3. The molecule has 1 aromatic rings. The Kier molecular flexibility index (Phi) is 6.15. The second kappa shape index (κ2) is 7.97. The monoisotopic (exact) mass is 428 g/mol. The fraction of sp³-hybridized carbons (Fsp3) is 0.529. The van der Waals surface area contributed by atoms with Crippen LogP contribution in [0.1, 0.15) is 19.5 Å². The number of carbonyl (C=O) groups excluding carboxylic acids is 2. The van der Waals surface area contributed by atoms with Gasteiger partial charge < -0.3 is 24.8 Å². The van der Waals surface area contributed by atoms with Gasteiger partial charge in [0.1, 0.15) is 6.07 Å². The van der Waals surface area contributed by atoms with Crippen molar-refractivity contribution in [3.63, 3.8) is 0 Å². The molecule has 11 heteroatoms. The Balaban J connectivity index is 0.00000225. The third-order valence-corrected chi connectivity index (χ3v) is 7.67. The maximum atomic E-state index is 12.3. The van der Waals surface area contributed by atoms with Crippen LogP contribution >= 0.6 is 23.1 Å². The van der Waals surface area contributed by atoms with E-state index in [1.165, 1.54) is 28.0 Å². The zero-order chi connectivity index (χ0) is 19.5. The second-order valence-corrected chi connectivity index (χ2v) is 9.20. The minimum Gasteiger partial charge on any atom is -0.543 e. The Bertz CT molecular complexity index is 890. The van der Waals surface area contributed by atoms with E-state index in [0.717, 1.165) is 5.13 Å². The molecule has 0 saturated carbocycles. The predicted molar refractivity (Wildman–Crippen MR) is 97.4 cm³/mol. The van der Waals surface area contributed by atoms with E-state index < -0.39 is 18.0 Å². The van der Waals surface area contributed by atoms with E-state index in [-0.39, 0.29) is 58.4 Å². The summed E-state index contributed by atoms with van der Waals surface area (Å²) in [5, 5.41) is 33.1. The Morgan fingerprint density at radius 1 is 1.54 bits per heavy atom. The summed E-state index contributed by atoms with van der Waals surface area (Å²) in [7, 11) is 0. The van der Waals surface area contributed by atoms with Crippen molar-refractivity contribution in [2.45, 2.75) is 31.2 Å². The SMILES string of the molecule is C[C@@H](O)[C@H]1C(=O)N2C(C(=O)[O-])=C(SC3CN(c4nc(C#N)cs4)C3)[C@H](C)[C@H]12.[Na+]. The number of anilines is 1. The van der Waals surface area contributed by atoms with Gasteiger partial charge in [-0.2, -0.15) is 5.26 Å². The van der Waals surface area contributed by atoms with Gasteiger partial charge in [-0.15, -0.1) is 23.1 Å². The molecule has 8 nitrogen and oxygen atoms in total. The van der Waals surface area contributed by atoms with E-state index >= 15 is 0 Å². The fourth-order valence-electron chi connectivity index (χ4n) is 3.98. The fourth-order valence-corrected chi connectivity index (χ4v) is 6.27. The Labute approximate surface area is 192 Å². The molecule has 0 aromatic carbocycles. The number of nitriles is 1. The predicted octanol–water partition coefficient (Wildman–Crippen LogP) is -3.24. The van der Waals surface area contributed by atoms with Crippen molar-refractivity contribution in [2.24, 2.45) is 11.8 Å². The van der Waals surface area contributed by atoms with Gasteiger partial charge >= 0.3 is 29.6 Å². The number of amides is 1. The van der Waals surface area contributed by atoms with Crippen LogP contribution in [0, 0.1) is 23.2 Å². The molecule has 2 fully saturated rings. The quantitative estimate of drug-likeness (QED) is 0.384. The molecule has 2 saturated heterocycles. The zero-order valence-corrected chi connectivity index (χ0v) is 19.3. The van der Waals surface area contributed by atoms with E-state index in [1.54, 1.807) is 12.3 Å².